The zero-order valence-corrected chi connectivity index (χ0v) is 14.0. The molecule has 1 aliphatic rings. The number of aromatic nitrogens is 1. The average molecular weight is 355 g/mol. The summed E-state index contributed by atoms with van der Waals surface area (Å²) in [4.78, 5) is 0. The van der Waals surface area contributed by atoms with Crippen molar-refractivity contribution in [2.24, 2.45) is 0 Å². The molecular formula is C16H18FNO5S. The molecule has 0 aliphatic carbocycles. The molecule has 1 saturated heterocycles. The fourth-order valence-corrected chi connectivity index (χ4v) is 3.77. The van der Waals surface area contributed by atoms with E-state index in [0.29, 0.717) is 17.0 Å². The van der Waals surface area contributed by atoms with Crippen LogP contribution >= 0.6 is 11.8 Å². The summed E-state index contributed by atoms with van der Waals surface area (Å²) in [5, 5.41) is 33.0. The van der Waals surface area contributed by atoms with Crippen molar-refractivity contribution in [3.63, 3.8) is 0 Å². The number of benzene rings is 1. The molecule has 0 spiro atoms. The first-order valence-corrected chi connectivity index (χ1v) is 8.48. The van der Waals surface area contributed by atoms with Crippen LogP contribution in [0.1, 0.15) is 11.5 Å². The normalized spacial score (nSPS) is 27.2. The highest BCUT2D eigenvalue weighted by atomic mass is 32.2. The molecule has 4 atom stereocenters. The summed E-state index contributed by atoms with van der Waals surface area (Å²) >= 11 is 1.12. The number of aliphatic hydroxyl groups excluding tert-OH is 3. The number of ether oxygens (including phenoxy) is 1. The molecule has 130 valence electrons. The smallest absolute Gasteiger partial charge is 0.173 e. The molecule has 3 N–H and O–H groups in total. The molecule has 2 aromatic rings. The molecule has 0 radical (unpaired) electrons. The third-order valence-corrected chi connectivity index (χ3v) is 5.19. The van der Waals surface area contributed by atoms with Gasteiger partial charge in [-0.05, 0) is 31.5 Å². The second kappa shape index (κ2) is 6.72. The highest BCUT2D eigenvalue weighted by molar-refractivity contribution is 7.99. The minimum absolute atomic E-state index is 0.0364. The number of rotatable bonds is 3. The molecule has 1 aromatic heterocycles. The van der Waals surface area contributed by atoms with Gasteiger partial charge in [0.25, 0.3) is 0 Å². The quantitative estimate of drug-likeness (QED) is 0.770. The van der Waals surface area contributed by atoms with E-state index in [0.717, 1.165) is 17.3 Å². The fraction of sp³-hybridized carbons (Fsp3) is 0.438. The van der Waals surface area contributed by atoms with E-state index in [1.165, 1.54) is 12.1 Å². The number of aryl methyl sites for hydroxylation is 2. The van der Waals surface area contributed by atoms with Crippen LogP contribution in [-0.2, 0) is 0 Å². The van der Waals surface area contributed by atoms with E-state index < -0.39 is 29.6 Å². The Balaban J connectivity index is 1.81. The predicted molar refractivity (Wildman–Crippen MR) is 86.3 cm³/mol. The van der Waals surface area contributed by atoms with E-state index in [4.69, 9.17) is 9.26 Å². The largest absolute Gasteiger partial charge is 0.474 e. The molecule has 1 aromatic carbocycles. The third-order valence-electron chi connectivity index (χ3n) is 3.95. The van der Waals surface area contributed by atoms with Gasteiger partial charge in [0.15, 0.2) is 17.0 Å². The molecule has 0 amide bonds. The van der Waals surface area contributed by atoms with Crippen LogP contribution in [0.4, 0.5) is 4.39 Å². The average Bonchev–Trinajstić information content (AvgIpc) is 2.88. The zero-order valence-electron chi connectivity index (χ0n) is 13.1. The molecular weight excluding hydrogens is 337 g/mol. The molecule has 2 heterocycles. The van der Waals surface area contributed by atoms with Crippen molar-refractivity contribution in [2.75, 3.05) is 5.75 Å². The standard InChI is InChI=1S/C16H18FNO5S/c1-7-13(8(2)23-18-7)9-3-4-12(10(17)5-9)22-16-15(21)14(20)11(19)6-24-16/h3-5,11,14-16,19-21H,6H2,1-2H3/t11-,14+,15-,16+/m1/s1. The summed E-state index contributed by atoms with van der Waals surface area (Å²) in [6, 6.07) is 4.45. The topological polar surface area (TPSA) is 96.0 Å². The number of halogens is 1. The van der Waals surface area contributed by atoms with Crippen molar-refractivity contribution < 1.29 is 29.0 Å². The van der Waals surface area contributed by atoms with E-state index in [9.17, 15) is 19.7 Å². The van der Waals surface area contributed by atoms with Crippen molar-refractivity contribution in [3.05, 3.63) is 35.5 Å². The van der Waals surface area contributed by atoms with Crippen molar-refractivity contribution in [2.45, 2.75) is 37.6 Å². The van der Waals surface area contributed by atoms with E-state index >= 15 is 0 Å². The molecule has 0 saturated carbocycles. The minimum Gasteiger partial charge on any atom is -0.474 e. The fourth-order valence-electron chi connectivity index (χ4n) is 2.66. The lowest BCUT2D eigenvalue weighted by molar-refractivity contribution is -0.0790. The first-order valence-electron chi connectivity index (χ1n) is 7.43. The van der Waals surface area contributed by atoms with Crippen LogP contribution in [0.2, 0.25) is 0 Å². The van der Waals surface area contributed by atoms with Gasteiger partial charge in [0.2, 0.25) is 0 Å². The highest BCUT2D eigenvalue weighted by Crippen LogP contribution is 2.33. The second-order valence-corrected chi connectivity index (χ2v) is 6.84. The number of hydrogen-bond donors (Lipinski definition) is 3. The van der Waals surface area contributed by atoms with Crippen LogP contribution in [0.25, 0.3) is 11.1 Å². The SMILES string of the molecule is Cc1noc(C)c1-c1ccc(O[C@H]2SC[C@@H](O)[C@H](O)[C@H]2O)c(F)c1. The van der Waals surface area contributed by atoms with Crippen molar-refractivity contribution in [1.82, 2.24) is 5.16 Å². The third kappa shape index (κ3) is 3.14. The van der Waals surface area contributed by atoms with Crippen LogP contribution in [-0.4, -0.2) is 50.0 Å². The Bertz CT molecular complexity index is 718. The zero-order chi connectivity index (χ0) is 17.4. The summed E-state index contributed by atoms with van der Waals surface area (Å²) in [6.45, 7) is 3.52. The van der Waals surface area contributed by atoms with Gasteiger partial charge in [-0.25, -0.2) is 4.39 Å². The van der Waals surface area contributed by atoms with E-state index in [1.54, 1.807) is 19.9 Å². The van der Waals surface area contributed by atoms with Gasteiger partial charge in [-0.15, -0.1) is 11.8 Å². The molecule has 3 rings (SSSR count). The lowest BCUT2D eigenvalue weighted by Crippen LogP contribution is -2.50. The first-order chi connectivity index (χ1) is 11.4. The maximum atomic E-state index is 14.4. The second-order valence-electron chi connectivity index (χ2n) is 5.71. The van der Waals surface area contributed by atoms with Gasteiger partial charge >= 0.3 is 0 Å². The molecule has 24 heavy (non-hydrogen) atoms. The van der Waals surface area contributed by atoms with E-state index in [1.807, 2.05) is 0 Å². The van der Waals surface area contributed by atoms with Crippen molar-refractivity contribution in [1.29, 1.82) is 0 Å². The Morgan fingerprint density at radius 2 is 2.00 bits per heavy atom. The Morgan fingerprint density at radius 1 is 1.25 bits per heavy atom. The van der Waals surface area contributed by atoms with Crippen molar-refractivity contribution in [3.8, 4) is 16.9 Å². The number of nitrogens with zero attached hydrogens (tertiary/aromatic N) is 1. The maximum Gasteiger partial charge on any atom is 0.173 e. The molecule has 1 aliphatic heterocycles. The van der Waals surface area contributed by atoms with Crippen LogP contribution < -0.4 is 4.74 Å². The Labute approximate surface area is 142 Å². The highest BCUT2D eigenvalue weighted by Gasteiger charge is 2.38. The number of thioether (sulfide) groups is 1. The molecule has 0 unspecified atom stereocenters. The van der Waals surface area contributed by atoms with Gasteiger partial charge < -0.3 is 24.6 Å². The van der Waals surface area contributed by atoms with Gasteiger partial charge in [0, 0.05) is 11.3 Å². The van der Waals surface area contributed by atoms with E-state index in [-0.39, 0.29) is 11.5 Å². The van der Waals surface area contributed by atoms with Gasteiger partial charge in [-0.2, -0.15) is 0 Å². The Hall–Kier alpha value is -1.61. The van der Waals surface area contributed by atoms with Crippen molar-refractivity contribution >= 4 is 11.8 Å². The predicted octanol–water partition coefficient (Wildman–Crippen LogP) is 1.63. The summed E-state index contributed by atoms with van der Waals surface area (Å²) < 4.78 is 24.9. The summed E-state index contributed by atoms with van der Waals surface area (Å²) in [5.41, 5.74) is 1.15. The van der Waals surface area contributed by atoms with Crippen LogP contribution in [0.3, 0.4) is 0 Å². The monoisotopic (exact) mass is 355 g/mol. The van der Waals surface area contributed by atoms with Gasteiger partial charge in [0.05, 0.1) is 11.8 Å². The van der Waals surface area contributed by atoms with E-state index in [2.05, 4.69) is 5.16 Å². The molecule has 0 bridgehead atoms. The maximum absolute atomic E-state index is 14.4. The molecule has 6 nitrogen and oxygen atoms in total. The molecule has 8 heteroatoms. The van der Waals surface area contributed by atoms with Gasteiger partial charge in [-0.3, -0.25) is 0 Å². The minimum atomic E-state index is -1.32. The summed E-state index contributed by atoms with van der Waals surface area (Å²) in [5.74, 6) is 0.157. The number of hydrogen-bond acceptors (Lipinski definition) is 7. The van der Waals surface area contributed by atoms with Crippen LogP contribution in [0, 0.1) is 19.7 Å². The summed E-state index contributed by atoms with van der Waals surface area (Å²) in [7, 11) is 0. The number of aliphatic hydroxyl groups is 3. The first kappa shape index (κ1) is 17.2. The van der Waals surface area contributed by atoms with Crippen LogP contribution in [0.5, 0.6) is 5.75 Å². The Kier molecular flexibility index (Phi) is 4.82. The van der Waals surface area contributed by atoms with Crippen LogP contribution in [0.15, 0.2) is 22.7 Å². The van der Waals surface area contributed by atoms with Gasteiger partial charge in [-0.1, -0.05) is 11.2 Å². The lowest BCUT2D eigenvalue weighted by atomic mass is 10.0. The summed E-state index contributed by atoms with van der Waals surface area (Å²) in [6.07, 6.45) is -3.65. The lowest BCUT2D eigenvalue weighted by Gasteiger charge is -2.34. The van der Waals surface area contributed by atoms with Gasteiger partial charge in [0.1, 0.15) is 18.0 Å². The Morgan fingerprint density at radius 3 is 2.62 bits per heavy atom. The molecule has 1 fully saturated rings.